The van der Waals surface area contributed by atoms with E-state index in [1.165, 1.54) is 19.1 Å². The summed E-state index contributed by atoms with van der Waals surface area (Å²) in [4.78, 5) is 0. The van der Waals surface area contributed by atoms with Gasteiger partial charge in [-0.3, -0.25) is 0 Å². The van der Waals surface area contributed by atoms with Gasteiger partial charge in [0.05, 0.1) is 0 Å². The minimum atomic E-state index is 0.801. The molecule has 48 valence electrons. The van der Waals surface area contributed by atoms with Gasteiger partial charge in [-0.2, -0.15) is 0 Å². The van der Waals surface area contributed by atoms with Crippen LogP contribution in [0.5, 0.6) is 0 Å². The Balaban J connectivity index is 2.81. The lowest BCUT2D eigenvalue weighted by molar-refractivity contribution is 0.566. The second kappa shape index (κ2) is 4.82. The van der Waals surface area contributed by atoms with Crippen molar-refractivity contribution >= 4 is 6.21 Å². The largest absolute Gasteiger partial charge is 0.313 e. The van der Waals surface area contributed by atoms with Gasteiger partial charge < -0.3 is 5.41 Å². The van der Waals surface area contributed by atoms with Gasteiger partial charge in [0.15, 0.2) is 0 Å². The Kier molecular flexibility index (Phi) is 4.62. The summed E-state index contributed by atoms with van der Waals surface area (Å²) in [7, 11) is 0. The molecule has 0 spiro atoms. The molecule has 0 heterocycles. The van der Waals surface area contributed by atoms with E-state index in [0.29, 0.717) is 0 Å². The van der Waals surface area contributed by atoms with Crippen LogP contribution < -0.4 is 0 Å². The molecule has 0 amide bonds. The molecule has 8 heavy (non-hydrogen) atoms. The summed E-state index contributed by atoms with van der Waals surface area (Å²) in [5.41, 5.74) is 0. The highest BCUT2D eigenvalue weighted by molar-refractivity contribution is 5.52. The van der Waals surface area contributed by atoms with Gasteiger partial charge in [-0.1, -0.05) is 20.3 Å². The van der Waals surface area contributed by atoms with E-state index in [4.69, 9.17) is 5.41 Å². The Hall–Kier alpha value is -0.330. The van der Waals surface area contributed by atoms with Crippen molar-refractivity contribution in [2.75, 3.05) is 0 Å². The Bertz CT molecular complexity index is 57.4. The number of hydrogen-bond donors (Lipinski definition) is 1. The van der Waals surface area contributed by atoms with Gasteiger partial charge >= 0.3 is 0 Å². The number of nitrogens with one attached hydrogen (secondary N) is 1. The summed E-state index contributed by atoms with van der Waals surface area (Å²) in [5.74, 6) is 0.801. The molecule has 0 atom stereocenters. The van der Waals surface area contributed by atoms with Crippen molar-refractivity contribution in [2.24, 2.45) is 5.92 Å². The average Bonchev–Trinajstić information content (AvgIpc) is 1.66. The minimum Gasteiger partial charge on any atom is -0.313 e. The molecule has 0 bridgehead atoms. The Morgan fingerprint density at radius 2 is 2.12 bits per heavy atom. The van der Waals surface area contributed by atoms with Crippen LogP contribution >= 0.6 is 0 Å². The van der Waals surface area contributed by atoms with Crippen LogP contribution in [0, 0.1) is 11.3 Å². The number of unbranched alkanes of at least 4 members (excludes halogenated alkanes) is 1. The quantitative estimate of drug-likeness (QED) is 0.428. The second-order valence-corrected chi connectivity index (χ2v) is 2.53. The molecule has 0 aliphatic heterocycles. The molecule has 1 N–H and O–H groups in total. The van der Waals surface area contributed by atoms with Crippen LogP contribution in [0.4, 0.5) is 0 Å². The lowest BCUT2D eigenvalue weighted by atomic mass is 10.1. The van der Waals surface area contributed by atoms with Crippen molar-refractivity contribution in [1.29, 1.82) is 5.41 Å². The van der Waals surface area contributed by atoms with E-state index in [0.717, 1.165) is 12.3 Å². The van der Waals surface area contributed by atoms with Gasteiger partial charge in [-0.15, -0.1) is 0 Å². The summed E-state index contributed by atoms with van der Waals surface area (Å²) in [5, 5.41) is 6.72. The highest BCUT2D eigenvalue weighted by Gasteiger charge is 1.90. The molecule has 0 fully saturated rings. The van der Waals surface area contributed by atoms with Gasteiger partial charge in [-0.25, -0.2) is 0 Å². The SMILES string of the molecule is CC(C)CCCC=N. The molecular weight excluding hydrogens is 98.1 g/mol. The van der Waals surface area contributed by atoms with E-state index in [1.807, 2.05) is 0 Å². The molecule has 0 rings (SSSR count). The molecule has 0 saturated carbocycles. The van der Waals surface area contributed by atoms with Crippen molar-refractivity contribution in [3.05, 3.63) is 0 Å². The van der Waals surface area contributed by atoms with Crippen molar-refractivity contribution in [3.8, 4) is 0 Å². The summed E-state index contributed by atoms with van der Waals surface area (Å²) < 4.78 is 0. The number of rotatable bonds is 4. The lowest BCUT2D eigenvalue weighted by Gasteiger charge is -1.99. The third-order valence-electron chi connectivity index (χ3n) is 1.13. The van der Waals surface area contributed by atoms with Gasteiger partial charge in [-0.05, 0) is 25.0 Å². The third-order valence-corrected chi connectivity index (χ3v) is 1.13. The molecule has 0 aliphatic rings. The van der Waals surface area contributed by atoms with E-state index in [9.17, 15) is 0 Å². The minimum absolute atomic E-state index is 0.801. The third kappa shape index (κ3) is 5.67. The molecule has 0 aromatic carbocycles. The lowest BCUT2D eigenvalue weighted by Crippen LogP contribution is -1.86. The van der Waals surface area contributed by atoms with E-state index in [-0.39, 0.29) is 0 Å². The first-order chi connectivity index (χ1) is 3.77. The topological polar surface area (TPSA) is 23.9 Å². The Morgan fingerprint density at radius 3 is 2.50 bits per heavy atom. The zero-order valence-electron chi connectivity index (χ0n) is 5.78. The summed E-state index contributed by atoms with van der Waals surface area (Å²) >= 11 is 0. The molecule has 1 nitrogen and oxygen atoms in total. The standard InChI is InChI=1S/C7H15N/c1-7(2)5-3-4-6-8/h6-8H,3-5H2,1-2H3. The monoisotopic (exact) mass is 113 g/mol. The molecule has 0 aromatic rings. The van der Waals surface area contributed by atoms with Crippen LogP contribution in [0.25, 0.3) is 0 Å². The molecule has 0 radical (unpaired) electrons. The van der Waals surface area contributed by atoms with Crippen molar-refractivity contribution in [1.82, 2.24) is 0 Å². The van der Waals surface area contributed by atoms with E-state index in [2.05, 4.69) is 13.8 Å². The Morgan fingerprint density at radius 1 is 1.50 bits per heavy atom. The molecule has 0 aliphatic carbocycles. The maximum Gasteiger partial charge on any atom is -0.00477 e. The highest BCUT2D eigenvalue weighted by Crippen LogP contribution is 2.03. The molecule has 0 saturated heterocycles. The molecule has 0 unspecified atom stereocenters. The summed E-state index contributed by atoms with van der Waals surface area (Å²) in [6.45, 7) is 4.42. The van der Waals surface area contributed by atoms with Gasteiger partial charge in [0, 0.05) is 0 Å². The number of hydrogen-bond acceptors (Lipinski definition) is 1. The van der Waals surface area contributed by atoms with Crippen molar-refractivity contribution in [2.45, 2.75) is 33.1 Å². The summed E-state index contributed by atoms with van der Waals surface area (Å²) in [6, 6.07) is 0. The fourth-order valence-corrected chi connectivity index (χ4v) is 0.628. The highest BCUT2D eigenvalue weighted by atomic mass is 14.3. The Labute approximate surface area is 51.6 Å². The van der Waals surface area contributed by atoms with E-state index in [1.54, 1.807) is 0 Å². The van der Waals surface area contributed by atoms with Gasteiger partial charge in [0.25, 0.3) is 0 Å². The van der Waals surface area contributed by atoms with Crippen LogP contribution in [0.1, 0.15) is 33.1 Å². The first kappa shape index (κ1) is 7.67. The average molecular weight is 113 g/mol. The van der Waals surface area contributed by atoms with Crippen LogP contribution in [-0.2, 0) is 0 Å². The smallest absolute Gasteiger partial charge is 0.00477 e. The second-order valence-electron chi connectivity index (χ2n) is 2.53. The van der Waals surface area contributed by atoms with E-state index < -0.39 is 0 Å². The predicted octanol–water partition coefficient (Wildman–Crippen LogP) is 2.46. The molecule has 1 heteroatoms. The van der Waals surface area contributed by atoms with Crippen LogP contribution in [0.3, 0.4) is 0 Å². The first-order valence-electron chi connectivity index (χ1n) is 3.26. The summed E-state index contributed by atoms with van der Waals surface area (Å²) in [6.07, 6.45) is 4.89. The van der Waals surface area contributed by atoms with E-state index >= 15 is 0 Å². The normalized spacial score (nSPS) is 9.88. The fourth-order valence-electron chi connectivity index (χ4n) is 0.628. The maximum atomic E-state index is 6.72. The van der Waals surface area contributed by atoms with Crippen molar-refractivity contribution < 1.29 is 0 Å². The van der Waals surface area contributed by atoms with Crippen molar-refractivity contribution in [3.63, 3.8) is 0 Å². The predicted molar refractivity (Wildman–Crippen MR) is 37.5 cm³/mol. The first-order valence-corrected chi connectivity index (χ1v) is 3.26. The fraction of sp³-hybridized carbons (Fsp3) is 0.857. The molecular formula is C7H15N. The van der Waals surface area contributed by atoms with Crippen LogP contribution in [0.15, 0.2) is 0 Å². The zero-order chi connectivity index (χ0) is 6.41. The van der Waals surface area contributed by atoms with Crippen LogP contribution in [0.2, 0.25) is 0 Å². The van der Waals surface area contributed by atoms with Gasteiger partial charge in [0.2, 0.25) is 0 Å². The molecule has 0 aromatic heterocycles. The van der Waals surface area contributed by atoms with Crippen LogP contribution in [-0.4, -0.2) is 6.21 Å². The van der Waals surface area contributed by atoms with Gasteiger partial charge in [0.1, 0.15) is 0 Å². The zero-order valence-corrected chi connectivity index (χ0v) is 5.78. The maximum absolute atomic E-state index is 6.72.